The Labute approximate surface area is 109 Å². The van der Waals surface area contributed by atoms with Gasteiger partial charge in [-0.05, 0) is 18.5 Å². The van der Waals surface area contributed by atoms with Gasteiger partial charge in [-0.25, -0.2) is 13.1 Å². The zero-order chi connectivity index (χ0) is 13.0. The first kappa shape index (κ1) is 13.5. The summed E-state index contributed by atoms with van der Waals surface area (Å²) in [6.45, 7) is 3.27. The number of hydrogen-bond acceptors (Lipinski definition) is 3. The molecule has 2 rings (SSSR count). The average molecular weight is 268 g/mol. The van der Waals surface area contributed by atoms with Crippen LogP contribution >= 0.6 is 0 Å². The topological polar surface area (TPSA) is 58.2 Å². The van der Waals surface area contributed by atoms with E-state index in [1.807, 2.05) is 25.1 Å². The fraction of sp³-hybridized carbons (Fsp3) is 0.538. The highest BCUT2D eigenvalue weighted by molar-refractivity contribution is 7.89. The summed E-state index contributed by atoms with van der Waals surface area (Å²) in [6, 6.07) is 10.1. The van der Waals surface area contributed by atoms with Crippen molar-refractivity contribution in [1.82, 2.24) is 10.0 Å². The van der Waals surface area contributed by atoms with Crippen LogP contribution in [0.2, 0.25) is 0 Å². The third kappa shape index (κ3) is 3.80. The van der Waals surface area contributed by atoms with Crippen molar-refractivity contribution in [1.29, 1.82) is 0 Å². The second kappa shape index (κ2) is 5.82. The molecule has 18 heavy (non-hydrogen) atoms. The Bertz CT molecular complexity index is 473. The molecule has 2 atom stereocenters. The Morgan fingerprint density at radius 1 is 1.28 bits per heavy atom. The van der Waals surface area contributed by atoms with Gasteiger partial charge >= 0.3 is 0 Å². The normalized spacial score (nSPS) is 22.9. The van der Waals surface area contributed by atoms with Gasteiger partial charge in [0.05, 0.1) is 5.75 Å². The van der Waals surface area contributed by atoms with E-state index in [1.54, 1.807) is 0 Å². The summed E-state index contributed by atoms with van der Waals surface area (Å²) >= 11 is 0. The van der Waals surface area contributed by atoms with Gasteiger partial charge in [0.25, 0.3) is 0 Å². The molecule has 0 aliphatic heterocycles. The van der Waals surface area contributed by atoms with Crippen LogP contribution in [0.3, 0.4) is 0 Å². The zero-order valence-electron chi connectivity index (χ0n) is 10.6. The minimum Gasteiger partial charge on any atom is -0.316 e. The van der Waals surface area contributed by atoms with E-state index < -0.39 is 10.0 Å². The van der Waals surface area contributed by atoms with Crippen LogP contribution < -0.4 is 10.0 Å². The third-order valence-corrected chi connectivity index (χ3v) is 4.55. The summed E-state index contributed by atoms with van der Waals surface area (Å²) in [7, 11) is -3.14. The monoisotopic (exact) mass is 268 g/mol. The zero-order valence-corrected chi connectivity index (χ0v) is 11.4. The van der Waals surface area contributed by atoms with E-state index in [2.05, 4.69) is 22.2 Å². The summed E-state index contributed by atoms with van der Waals surface area (Å²) in [6.07, 6.45) is 0.907. The molecule has 100 valence electrons. The van der Waals surface area contributed by atoms with Gasteiger partial charge in [0, 0.05) is 18.5 Å². The highest BCUT2D eigenvalue weighted by atomic mass is 32.2. The van der Waals surface area contributed by atoms with Crippen LogP contribution in [0, 0.1) is 0 Å². The standard InChI is InChI=1S/C13H20N2O2S/c1-2-14-8-9-18(16,17)15-13-10-12(13)11-6-4-3-5-7-11/h3-7,12-15H,2,8-10H2,1H3. The minimum absolute atomic E-state index is 0.0824. The van der Waals surface area contributed by atoms with Gasteiger partial charge in [0.1, 0.15) is 0 Å². The Balaban J connectivity index is 1.82. The van der Waals surface area contributed by atoms with Crippen molar-refractivity contribution in [3.63, 3.8) is 0 Å². The molecule has 0 spiro atoms. The minimum atomic E-state index is -3.14. The second-order valence-electron chi connectivity index (χ2n) is 4.65. The lowest BCUT2D eigenvalue weighted by Crippen LogP contribution is -2.33. The predicted octanol–water partition coefficient (Wildman–Crippen LogP) is 1.07. The lowest BCUT2D eigenvalue weighted by Gasteiger charge is -2.06. The van der Waals surface area contributed by atoms with E-state index in [4.69, 9.17) is 0 Å². The Morgan fingerprint density at radius 3 is 2.67 bits per heavy atom. The summed E-state index contributed by atoms with van der Waals surface area (Å²) in [4.78, 5) is 0. The van der Waals surface area contributed by atoms with Crippen molar-refractivity contribution >= 4 is 10.0 Å². The Kier molecular flexibility index (Phi) is 4.37. The van der Waals surface area contributed by atoms with Gasteiger partial charge < -0.3 is 5.32 Å². The van der Waals surface area contributed by atoms with Crippen molar-refractivity contribution in [3.8, 4) is 0 Å². The summed E-state index contributed by atoms with van der Waals surface area (Å²) in [5.41, 5.74) is 1.22. The summed E-state index contributed by atoms with van der Waals surface area (Å²) in [5.74, 6) is 0.499. The van der Waals surface area contributed by atoms with E-state index in [0.717, 1.165) is 13.0 Å². The molecule has 0 aromatic heterocycles. The number of rotatable bonds is 7. The molecule has 0 bridgehead atoms. The van der Waals surface area contributed by atoms with Crippen LogP contribution in [0.25, 0.3) is 0 Å². The van der Waals surface area contributed by atoms with Crippen molar-refractivity contribution in [3.05, 3.63) is 35.9 Å². The van der Waals surface area contributed by atoms with E-state index in [-0.39, 0.29) is 11.8 Å². The molecule has 2 unspecified atom stereocenters. The Morgan fingerprint density at radius 2 is 2.00 bits per heavy atom. The summed E-state index contributed by atoms with van der Waals surface area (Å²) in [5, 5.41) is 3.02. The maximum absolute atomic E-state index is 11.8. The van der Waals surface area contributed by atoms with Crippen LogP contribution in [-0.4, -0.2) is 33.3 Å². The quantitative estimate of drug-likeness (QED) is 0.727. The molecule has 0 saturated heterocycles. The summed E-state index contributed by atoms with van der Waals surface area (Å²) < 4.78 is 26.3. The van der Waals surface area contributed by atoms with Gasteiger partial charge in [-0.3, -0.25) is 0 Å². The highest BCUT2D eigenvalue weighted by Crippen LogP contribution is 2.40. The fourth-order valence-corrected chi connectivity index (χ4v) is 3.32. The van der Waals surface area contributed by atoms with E-state index >= 15 is 0 Å². The van der Waals surface area contributed by atoms with Crippen molar-refractivity contribution in [2.45, 2.75) is 25.3 Å². The largest absolute Gasteiger partial charge is 0.316 e. The molecule has 2 N–H and O–H groups in total. The van der Waals surface area contributed by atoms with Gasteiger partial charge in [-0.2, -0.15) is 0 Å². The number of hydrogen-bond donors (Lipinski definition) is 2. The molecule has 1 aromatic rings. The fourth-order valence-electron chi connectivity index (χ4n) is 2.07. The van der Waals surface area contributed by atoms with Crippen LogP contribution in [0.1, 0.15) is 24.8 Å². The van der Waals surface area contributed by atoms with Gasteiger partial charge in [0.15, 0.2) is 0 Å². The molecule has 1 saturated carbocycles. The number of sulfonamides is 1. The molecular formula is C13H20N2O2S. The van der Waals surface area contributed by atoms with Crippen LogP contribution in [-0.2, 0) is 10.0 Å². The van der Waals surface area contributed by atoms with Crippen molar-refractivity contribution in [2.24, 2.45) is 0 Å². The predicted molar refractivity (Wildman–Crippen MR) is 73.1 cm³/mol. The van der Waals surface area contributed by atoms with E-state index in [1.165, 1.54) is 5.56 Å². The number of nitrogens with one attached hydrogen (secondary N) is 2. The lowest BCUT2D eigenvalue weighted by molar-refractivity contribution is 0.576. The molecule has 1 aliphatic rings. The van der Waals surface area contributed by atoms with Gasteiger partial charge in [-0.1, -0.05) is 37.3 Å². The highest BCUT2D eigenvalue weighted by Gasteiger charge is 2.40. The maximum atomic E-state index is 11.8. The molecular weight excluding hydrogens is 248 g/mol. The molecule has 0 amide bonds. The first-order valence-corrected chi connectivity index (χ1v) is 8.03. The molecule has 1 fully saturated rings. The Hall–Kier alpha value is -0.910. The van der Waals surface area contributed by atoms with E-state index in [0.29, 0.717) is 12.5 Å². The maximum Gasteiger partial charge on any atom is 0.213 e. The van der Waals surface area contributed by atoms with E-state index in [9.17, 15) is 8.42 Å². The SMILES string of the molecule is CCNCCS(=O)(=O)NC1CC1c1ccccc1. The first-order chi connectivity index (χ1) is 8.62. The molecule has 0 heterocycles. The van der Waals surface area contributed by atoms with Gasteiger partial charge in [0.2, 0.25) is 10.0 Å². The third-order valence-electron chi connectivity index (χ3n) is 3.15. The van der Waals surface area contributed by atoms with Crippen molar-refractivity contribution < 1.29 is 8.42 Å². The van der Waals surface area contributed by atoms with Crippen LogP contribution in [0.15, 0.2) is 30.3 Å². The van der Waals surface area contributed by atoms with Crippen LogP contribution in [0.4, 0.5) is 0 Å². The number of benzene rings is 1. The lowest BCUT2D eigenvalue weighted by atomic mass is 10.1. The van der Waals surface area contributed by atoms with Crippen LogP contribution in [0.5, 0.6) is 0 Å². The second-order valence-corrected chi connectivity index (χ2v) is 6.52. The smallest absolute Gasteiger partial charge is 0.213 e. The molecule has 1 aliphatic carbocycles. The molecule has 5 heteroatoms. The first-order valence-electron chi connectivity index (χ1n) is 6.38. The molecule has 1 aromatic carbocycles. The average Bonchev–Trinajstić information content (AvgIpc) is 3.09. The molecule has 0 radical (unpaired) electrons. The van der Waals surface area contributed by atoms with Crippen molar-refractivity contribution in [2.75, 3.05) is 18.8 Å². The van der Waals surface area contributed by atoms with Gasteiger partial charge in [-0.15, -0.1) is 0 Å². The molecule has 4 nitrogen and oxygen atoms in total.